The van der Waals surface area contributed by atoms with Gasteiger partial charge >= 0.3 is 5.97 Å². The molecule has 2 rings (SSSR count). The van der Waals surface area contributed by atoms with Gasteiger partial charge in [-0.05, 0) is 19.1 Å². The van der Waals surface area contributed by atoms with E-state index in [0.29, 0.717) is 10.2 Å². The largest absolute Gasteiger partial charge is 0.462 e. The van der Waals surface area contributed by atoms with E-state index in [4.69, 9.17) is 4.74 Å². The fourth-order valence-corrected chi connectivity index (χ4v) is 2.16. The molecule has 0 amide bonds. The molecule has 0 saturated carbocycles. The van der Waals surface area contributed by atoms with Gasteiger partial charge in [0, 0.05) is 11.6 Å². The van der Waals surface area contributed by atoms with Crippen molar-refractivity contribution in [2.45, 2.75) is 6.92 Å². The summed E-state index contributed by atoms with van der Waals surface area (Å²) in [6.07, 6.45) is 1.61. The maximum atomic E-state index is 11.9. The molecule has 0 radical (unpaired) electrons. The topological polar surface area (TPSA) is 56.3 Å². The van der Waals surface area contributed by atoms with Gasteiger partial charge in [0.05, 0.1) is 12.0 Å². The molecule has 0 aromatic carbocycles. The average molecular weight is 235 g/mol. The highest BCUT2D eigenvalue weighted by Gasteiger charge is 2.13. The van der Waals surface area contributed by atoms with Crippen LogP contribution in [0, 0.1) is 0 Å². The monoisotopic (exact) mass is 235 g/mol. The zero-order valence-corrected chi connectivity index (χ0v) is 9.41. The average Bonchev–Trinajstić information content (AvgIpc) is 2.30. The molecule has 0 aliphatic carbocycles. The fraction of sp³-hybridized carbons (Fsp3) is 0.182. The Morgan fingerprint density at radius 1 is 1.56 bits per heavy atom. The highest BCUT2D eigenvalue weighted by Crippen LogP contribution is 2.13. The van der Waals surface area contributed by atoms with Crippen LogP contribution in [0.1, 0.15) is 17.3 Å². The Bertz CT molecular complexity index is 591. The summed E-state index contributed by atoms with van der Waals surface area (Å²) < 4.78 is 4.80. The van der Waals surface area contributed by atoms with Crippen LogP contribution in [0.3, 0.4) is 0 Å². The Morgan fingerprint density at radius 3 is 3.12 bits per heavy atom. The molecule has 2 heterocycles. The van der Waals surface area contributed by atoms with E-state index in [1.54, 1.807) is 25.3 Å². The maximum absolute atomic E-state index is 11.9. The molecule has 2 aromatic heterocycles. The first kappa shape index (κ1) is 10.8. The summed E-state index contributed by atoms with van der Waals surface area (Å²) in [5.41, 5.74) is -0.243. The predicted octanol–water partition coefficient (Wildman–Crippen LogP) is 1.83. The molecule has 4 nitrogen and oxygen atoms in total. The number of hydrogen-bond donors (Lipinski definition) is 0. The van der Waals surface area contributed by atoms with Gasteiger partial charge < -0.3 is 4.74 Å². The van der Waals surface area contributed by atoms with Crippen LogP contribution in [0.15, 0.2) is 28.5 Å². The maximum Gasteiger partial charge on any atom is 0.342 e. The molecule has 0 unspecified atom stereocenters. The Balaban J connectivity index is 2.61. The number of ether oxygens (including phenoxy) is 1. The van der Waals surface area contributed by atoms with Crippen LogP contribution in [-0.4, -0.2) is 17.6 Å². The molecule has 0 fully saturated rings. The van der Waals surface area contributed by atoms with E-state index in [9.17, 15) is 9.59 Å². The highest BCUT2D eigenvalue weighted by atomic mass is 32.1. The van der Waals surface area contributed by atoms with Crippen LogP contribution in [-0.2, 0) is 4.74 Å². The van der Waals surface area contributed by atoms with E-state index >= 15 is 0 Å². The van der Waals surface area contributed by atoms with Gasteiger partial charge in [-0.15, -0.1) is 11.3 Å². The molecule has 2 aromatic rings. The lowest BCUT2D eigenvalue weighted by Gasteiger charge is -2.01. The van der Waals surface area contributed by atoms with Crippen LogP contribution >= 0.6 is 11.3 Å². The Labute approximate surface area is 95.5 Å². The van der Waals surface area contributed by atoms with Gasteiger partial charge in [-0.3, -0.25) is 4.79 Å². The summed E-state index contributed by atoms with van der Waals surface area (Å²) in [6.45, 7) is 1.96. The van der Waals surface area contributed by atoms with E-state index in [2.05, 4.69) is 4.98 Å². The lowest BCUT2D eigenvalue weighted by Crippen LogP contribution is -2.16. The van der Waals surface area contributed by atoms with Crippen LogP contribution in [0.4, 0.5) is 0 Å². The number of rotatable bonds is 2. The first-order valence-electron chi connectivity index (χ1n) is 4.77. The first-order chi connectivity index (χ1) is 7.74. The van der Waals surface area contributed by atoms with E-state index in [1.165, 1.54) is 16.7 Å². The molecule has 5 heteroatoms. The second kappa shape index (κ2) is 4.40. The van der Waals surface area contributed by atoms with E-state index < -0.39 is 5.97 Å². The number of aromatic nitrogens is 1. The van der Waals surface area contributed by atoms with Crippen LogP contribution in [0.2, 0.25) is 0 Å². The molecule has 0 aliphatic heterocycles. The second-order valence-electron chi connectivity index (χ2n) is 3.06. The van der Waals surface area contributed by atoms with Gasteiger partial charge in [-0.2, -0.15) is 0 Å². The summed E-state index contributed by atoms with van der Waals surface area (Å²) in [5, 5.41) is 1.95. The van der Waals surface area contributed by atoms with E-state index in [1.807, 2.05) is 0 Å². The normalized spacial score (nSPS) is 10.3. The highest BCUT2D eigenvalue weighted by molar-refractivity contribution is 7.16. The summed E-state index contributed by atoms with van der Waals surface area (Å²) in [6, 6.07) is 3.33. The van der Waals surface area contributed by atoms with Crippen molar-refractivity contribution in [3.8, 4) is 0 Å². The van der Waals surface area contributed by atoms with Crippen molar-refractivity contribution in [2.75, 3.05) is 6.61 Å². The molecule has 0 saturated heterocycles. The molecule has 0 bridgehead atoms. The number of esters is 1. The standard InChI is InChI=1S/C11H9NO3S/c1-2-15-11(14)8-6-16-10-7(9(8)13)4-3-5-12-10/h3-6H,2H2,1H3. The Morgan fingerprint density at radius 2 is 2.38 bits per heavy atom. The Kier molecular flexibility index (Phi) is 2.96. The van der Waals surface area contributed by atoms with Crippen molar-refractivity contribution in [3.05, 3.63) is 39.5 Å². The van der Waals surface area contributed by atoms with Crippen molar-refractivity contribution in [1.29, 1.82) is 0 Å². The zero-order valence-electron chi connectivity index (χ0n) is 8.60. The number of carbonyl (C=O) groups excluding carboxylic acids is 1. The van der Waals surface area contributed by atoms with Gasteiger partial charge in [0.15, 0.2) is 0 Å². The Hall–Kier alpha value is -1.75. The summed E-state index contributed by atoms with van der Waals surface area (Å²) in [5.74, 6) is -0.575. The first-order valence-corrected chi connectivity index (χ1v) is 5.65. The van der Waals surface area contributed by atoms with Crippen molar-refractivity contribution >= 4 is 27.5 Å². The number of nitrogens with zero attached hydrogens (tertiary/aromatic N) is 1. The molecule has 0 N–H and O–H groups in total. The number of hydrogen-bond acceptors (Lipinski definition) is 5. The second-order valence-corrected chi connectivity index (χ2v) is 3.91. The fourth-order valence-electron chi connectivity index (χ4n) is 1.32. The van der Waals surface area contributed by atoms with Crippen molar-refractivity contribution in [3.63, 3.8) is 0 Å². The smallest absolute Gasteiger partial charge is 0.342 e. The van der Waals surface area contributed by atoms with Gasteiger partial charge in [0.1, 0.15) is 10.4 Å². The summed E-state index contributed by atoms with van der Waals surface area (Å²) >= 11 is 1.26. The van der Waals surface area contributed by atoms with Gasteiger partial charge in [-0.1, -0.05) is 0 Å². The molecule has 0 aliphatic rings. The molecular formula is C11H9NO3S. The minimum atomic E-state index is -0.575. The van der Waals surface area contributed by atoms with E-state index in [0.717, 1.165) is 0 Å². The lowest BCUT2D eigenvalue weighted by atomic mass is 10.2. The van der Waals surface area contributed by atoms with Crippen LogP contribution in [0.5, 0.6) is 0 Å². The summed E-state index contributed by atoms with van der Waals surface area (Å²) in [4.78, 5) is 28.1. The number of pyridine rings is 1. The third-order valence-corrected chi connectivity index (χ3v) is 2.95. The van der Waals surface area contributed by atoms with Crippen molar-refractivity contribution < 1.29 is 9.53 Å². The minimum absolute atomic E-state index is 0.0763. The lowest BCUT2D eigenvalue weighted by molar-refractivity contribution is 0.0525. The predicted molar refractivity (Wildman–Crippen MR) is 61.8 cm³/mol. The summed E-state index contributed by atoms with van der Waals surface area (Å²) in [7, 11) is 0. The van der Waals surface area contributed by atoms with Gasteiger partial charge in [0.2, 0.25) is 5.43 Å². The third-order valence-electron chi connectivity index (χ3n) is 2.04. The van der Waals surface area contributed by atoms with Gasteiger partial charge in [-0.25, -0.2) is 9.78 Å². The SMILES string of the molecule is CCOC(=O)c1csc2ncccc2c1=O. The third kappa shape index (κ3) is 1.81. The number of fused-ring (bicyclic) bond motifs is 1. The molecule has 16 heavy (non-hydrogen) atoms. The molecule has 82 valence electrons. The molecule has 0 spiro atoms. The van der Waals surface area contributed by atoms with Gasteiger partial charge in [0.25, 0.3) is 0 Å². The van der Waals surface area contributed by atoms with E-state index in [-0.39, 0.29) is 17.6 Å². The minimum Gasteiger partial charge on any atom is -0.462 e. The van der Waals surface area contributed by atoms with Crippen molar-refractivity contribution in [1.82, 2.24) is 4.98 Å². The molecular weight excluding hydrogens is 226 g/mol. The van der Waals surface area contributed by atoms with Crippen LogP contribution < -0.4 is 5.43 Å². The van der Waals surface area contributed by atoms with Crippen molar-refractivity contribution in [2.24, 2.45) is 0 Å². The van der Waals surface area contributed by atoms with Crippen LogP contribution in [0.25, 0.3) is 10.2 Å². The number of carbonyl (C=O) groups is 1. The quantitative estimate of drug-likeness (QED) is 0.745. The zero-order chi connectivity index (χ0) is 11.5. The molecule has 0 atom stereocenters.